The fourth-order valence-corrected chi connectivity index (χ4v) is 2.32. The molecule has 0 aliphatic carbocycles. The van der Waals surface area contributed by atoms with Gasteiger partial charge in [0.2, 0.25) is 0 Å². The summed E-state index contributed by atoms with van der Waals surface area (Å²) < 4.78 is 11.2. The molecule has 1 aliphatic rings. The lowest BCUT2D eigenvalue weighted by Crippen LogP contribution is -2.48. The summed E-state index contributed by atoms with van der Waals surface area (Å²) in [6.45, 7) is 15.0. The van der Waals surface area contributed by atoms with Crippen LogP contribution in [0.25, 0.3) is 0 Å². The lowest BCUT2D eigenvalue weighted by molar-refractivity contribution is 0.0581. The molecule has 0 amide bonds. The Labute approximate surface area is 130 Å². The molecule has 1 heterocycles. The Hall–Kier alpha value is -0.240. The second-order valence-electron chi connectivity index (χ2n) is 5.37. The number of rotatable bonds is 13. The van der Waals surface area contributed by atoms with E-state index in [9.17, 15) is 0 Å². The molecule has 1 fully saturated rings. The van der Waals surface area contributed by atoms with Gasteiger partial charge in [-0.15, -0.1) is 0 Å². The molecular weight excluding hydrogens is 268 g/mol. The third-order valence-corrected chi connectivity index (χ3v) is 3.74. The summed E-state index contributed by atoms with van der Waals surface area (Å²) in [4.78, 5) is 4.98. The molecule has 0 aromatic carbocycles. The lowest BCUT2D eigenvalue weighted by Gasteiger charge is -2.34. The quantitative estimate of drug-likeness (QED) is 0.446. The Bertz CT molecular complexity index is 224. The van der Waals surface area contributed by atoms with Crippen molar-refractivity contribution in [2.24, 2.45) is 0 Å². The van der Waals surface area contributed by atoms with Gasteiger partial charge in [-0.3, -0.25) is 9.80 Å². The van der Waals surface area contributed by atoms with Gasteiger partial charge >= 0.3 is 0 Å². The van der Waals surface area contributed by atoms with Crippen molar-refractivity contribution in [1.82, 2.24) is 20.4 Å². The zero-order chi connectivity index (χ0) is 15.2. The predicted octanol–water partition coefficient (Wildman–Crippen LogP) is -0.534. The Balaban J connectivity index is 1.90. The largest absolute Gasteiger partial charge is 0.379 e. The molecule has 2 N–H and O–H groups in total. The Morgan fingerprint density at radius 1 is 0.810 bits per heavy atom. The van der Waals surface area contributed by atoms with Crippen LogP contribution in [0.3, 0.4) is 0 Å². The van der Waals surface area contributed by atoms with E-state index in [1.807, 2.05) is 7.05 Å². The van der Waals surface area contributed by atoms with Crippen LogP contribution in [-0.2, 0) is 9.47 Å². The van der Waals surface area contributed by atoms with E-state index >= 15 is 0 Å². The van der Waals surface area contributed by atoms with Crippen molar-refractivity contribution in [3.05, 3.63) is 0 Å². The Morgan fingerprint density at radius 3 is 1.81 bits per heavy atom. The summed E-state index contributed by atoms with van der Waals surface area (Å²) in [5.74, 6) is 0. The van der Waals surface area contributed by atoms with Gasteiger partial charge in [-0.2, -0.15) is 0 Å². The van der Waals surface area contributed by atoms with E-state index in [4.69, 9.17) is 9.47 Å². The first-order valence-electron chi connectivity index (χ1n) is 8.32. The number of hydrogen-bond acceptors (Lipinski definition) is 6. The van der Waals surface area contributed by atoms with Crippen LogP contribution in [0.5, 0.6) is 0 Å². The van der Waals surface area contributed by atoms with Gasteiger partial charge in [0.1, 0.15) is 0 Å². The maximum atomic E-state index is 5.62. The van der Waals surface area contributed by atoms with Crippen molar-refractivity contribution in [1.29, 1.82) is 0 Å². The third kappa shape index (κ3) is 10.2. The van der Waals surface area contributed by atoms with Crippen LogP contribution in [0.1, 0.15) is 6.92 Å². The molecule has 0 unspecified atom stereocenters. The fraction of sp³-hybridized carbons (Fsp3) is 1.00. The van der Waals surface area contributed by atoms with Crippen molar-refractivity contribution < 1.29 is 9.47 Å². The minimum atomic E-state index is 0.806. The van der Waals surface area contributed by atoms with Gasteiger partial charge in [-0.1, -0.05) is 6.92 Å². The predicted molar refractivity (Wildman–Crippen MR) is 87.0 cm³/mol. The van der Waals surface area contributed by atoms with Crippen LogP contribution < -0.4 is 10.6 Å². The minimum Gasteiger partial charge on any atom is -0.379 e. The zero-order valence-corrected chi connectivity index (χ0v) is 13.9. The smallest absolute Gasteiger partial charge is 0.0594 e. The van der Waals surface area contributed by atoms with Crippen molar-refractivity contribution in [2.45, 2.75) is 6.92 Å². The number of likely N-dealkylation sites (N-methyl/N-ethyl adjacent to an activating group) is 2. The molecule has 6 heteroatoms. The number of nitrogens with one attached hydrogen (secondary N) is 2. The molecule has 21 heavy (non-hydrogen) atoms. The molecule has 0 atom stereocenters. The molecule has 0 bridgehead atoms. The molecule has 0 radical (unpaired) electrons. The first-order valence-corrected chi connectivity index (χ1v) is 8.32. The van der Waals surface area contributed by atoms with Gasteiger partial charge in [0.05, 0.1) is 26.4 Å². The summed E-state index contributed by atoms with van der Waals surface area (Å²) in [5, 5.41) is 6.35. The van der Waals surface area contributed by atoms with Crippen molar-refractivity contribution in [3.63, 3.8) is 0 Å². The highest BCUT2D eigenvalue weighted by molar-refractivity contribution is 4.71. The first kappa shape index (κ1) is 18.8. The topological polar surface area (TPSA) is 49.0 Å². The van der Waals surface area contributed by atoms with E-state index in [1.165, 1.54) is 0 Å². The standard InChI is InChI=1S/C15H34N4O2/c1-3-17-5-13-21-15-11-19-8-6-18(7-9-19)10-14-20-12-4-16-2/h16-17H,3-15H2,1-2H3. The Morgan fingerprint density at radius 2 is 1.33 bits per heavy atom. The number of nitrogens with zero attached hydrogens (tertiary/aromatic N) is 2. The molecule has 1 aliphatic heterocycles. The van der Waals surface area contributed by atoms with Gasteiger partial charge < -0.3 is 20.1 Å². The van der Waals surface area contributed by atoms with E-state index in [0.29, 0.717) is 0 Å². The van der Waals surface area contributed by atoms with E-state index in [2.05, 4.69) is 27.4 Å². The fourth-order valence-electron chi connectivity index (χ4n) is 2.32. The van der Waals surface area contributed by atoms with Gasteiger partial charge in [-0.25, -0.2) is 0 Å². The molecule has 0 aromatic heterocycles. The van der Waals surface area contributed by atoms with Crippen LogP contribution in [0.4, 0.5) is 0 Å². The maximum Gasteiger partial charge on any atom is 0.0594 e. The first-order chi connectivity index (χ1) is 10.4. The normalized spacial score (nSPS) is 17.4. The van der Waals surface area contributed by atoms with Crippen molar-refractivity contribution >= 4 is 0 Å². The summed E-state index contributed by atoms with van der Waals surface area (Å²) in [6.07, 6.45) is 0. The van der Waals surface area contributed by atoms with Crippen LogP contribution >= 0.6 is 0 Å². The summed E-state index contributed by atoms with van der Waals surface area (Å²) >= 11 is 0. The molecular formula is C15H34N4O2. The van der Waals surface area contributed by atoms with Crippen LogP contribution in [0, 0.1) is 0 Å². The maximum absolute atomic E-state index is 5.62. The van der Waals surface area contributed by atoms with Gasteiger partial charge in [0.25, 0.3) is 0 Å². The number of ether oxygens (including phenoxy) is 2. The van der Waals surface area contributed by atoms with Crippen molar-refractivity contribution in [3.8, 4) is 0 Å². The molecule has 0 spiro atoms. The number of piperazine rings is 1. The average molecular weight is 302 g/mol. The zero-order valence-electron chi connectivity index (χ0n) is 13.9. The van der Waals surface area contributed by atoms with Crippen molar-refractivity contribution in [2.75, 3.05) is 92.4 Å². The SMILES string of the molecule is CCNCCOCCN1CCN(CCOCCNC)CC1. The second kappa shape index (κ2) is 13.4. The Kier molecular flexibility index (Phi) is 12.0. The van der Waals surface area contributed by atoms with Crippen LogP contribution in [-0.4, -0.2) is 102 Å². The highest BCUT2D eigenvalue weighted by Crippen LogP contribution is 2.01. The van der Waals surface area contributed by atoms with E-state index in [0.717, 1.165) is 85.3 Å². The third-order valence-electron chi connectivity index (χ3n) is 3.74. The second-order valence-corrected chi connectivity index (χ2v) is 5.37. The highest BCUT2D eigenvalue weighted by atomic mass is 16.5. The van der Waals surface area contributed by atoms with E-state index in [-0.39, 0.29) is 0 Å². The summed E-state index contributed by atoms with van der Waals surface area (Å²) in [7, 11) is 1.95. The monoisotopic (exact) mass is 302 g/mol. The van der Waals surface area contributed by atoms with Crippen LogP contribution in [0.15, 0.2) is 0 Å². The highest BCUT2D eigenvalue weighted by Gasteiger charge is 2.15. The average Bonchev–Trinajstić information content (AvgIpc) is 2.52. The molecule has 1 saturated heterocycles. The molecule has 6 nitrogen and oxygen atoms in total. The van der Waals surface area contributed by atoms with Crippen LogP contribution in [0.2, 0.25) is 0 Å². The molecule has 1 rings (SSSR count). The van der Waals surface area contributed by atoms with E-state index in [1.54, 1.807) is 0 Å². The summed E-state index contributed by atoms with van der Waals surface area (Å²) in [6, 6.07) is 0. The molecule has 0 saturated carbocycles. The van der Waals surface area contributed by atoms with E-state index < -0.39 is 0 Å². The minimum absolute atomic E-state index is 0.806. The number of hydrogen-bond donors (Lipinski definition) is 2. The van der Waals surface area contributed by atoms with Gasteiger partial charge in [0, 0.05) is 52.4 Å². The van der Waals surface area contributed by atoms with Gasteiger partial charge in [-0.05, 0) is 13.6 Å². The molecule has 0 aromatic rings. The summed E-state index contributed by atoms with van der Waals surface area (Å²) in [5.41, 5.74) is 0. The van der Waals surface area contributed by atoms with Gasteiger partial charge in [0.15, 0.2) is 0 Å². The molecule has 126 valence electrons. The lowest BCUT2D eigenvalue weighted by atomic mass is 10.3.